The molecule has 3 rings (SSSR count). The number of carbonyl (C=O) groups excluding carboxylic acids is 2. The first-order chi connectivity index (χ1) is 13.3. The van der Waals surface area contributed by atoms with Crippen LogP contribution >= 0.6 is 24.0 Å². The van der Waals surface area contributed by atoms with Crippen LogP contribution in [0.4, 0.5) is 5.69 Å². The predicted molar refractivity (Wildman–Crippen MR) is 120 cm³/mol. The molecule has 2 aromatic rings. The number of hydrogen-bond donors (Lipinski definition) is 1. The first-order valence-corrected chi connectivity index (χ1v) is 10.2. The van der Waals surface area contributed by atoms with Gasteiger partial charge in [-0.1, -0.05) is 59.9 Å². The molecule has 4 nitrogen and oxygen atoms in total. The Labute approximate surface area is 175 Å². The predicted octanol–water partition coefficient (Wildman–Crippen LogP) is 4.84. The Morgan fingerprint density at radius 1 is 1.11 bits per heavy atom. The fraction of sp³-hybridized carbons (Fsp3) is 0.227. The summed E-state index contributed by atoms with van der Waals surface area (Å²) < 4.78 is 0.488. The molecule has 2 amide bonds. The number of aryl methyl sites for hydroxylation is 3. The third-order valence-electron chi connectivity index (χ3n) is 4.60. The minimum Gasteiger partial charge on any atom is -0.326 e. The van der Waals surface area contributed by atoms with Crippen LogP contribution in [0.5, 0.6) is 0 Å². The summed E-state index contributed by atoms with van der Waals surface area (Å²) in [5.74, 6) is -0.283. The molecule has 1 aliphatic heterocycles. The molecular formula is C22H22N2O2S2. The van der Waals surface area contributed by atoms with Crippen LogP contribution in [-0.4, -0.2) is 27.6 Å². The number of benzene rings is 2. The van der Waals surface area contributed by atoms with Crippen molar-refractivity contribution < 1.29 is 9.59 Å². The Morgan fingerprint density at radius 2 is 1.82 bits per heavy atom. The van der Waals surface area contributed by atoms with E-state index < -0.39 is 0 Å². The maximum Gasteiger partial charge on any atom is 0.266 e. The second-order valence-corrected chi connectivity index (χ2v) is 8.52. The minimum atomic E-state index is -0.144. The van der Waals surface area contributed by atoms with Gasteiger partial charge in [-0.2, -0.15) is 0 Å². The summed E-state index contributed by atoms with van der Waals surface area (Å²) >= 11 is 6.62. The standard InChI is InChI=1S/C22H22N2O2S2/c1-14-4-7-17(8-5-14)13-19-21(26)24(22(27)28-19)11-10-20(25)23-18-9-6-15(2)16(3)12-18/h4-9,12-13H,10-11H2,1-3H3,(H,23,25)/b19-13+. The van der Waals surface area contributed by atoms with E-state index in [1.165, 1.54) is 27.8 Å². The van der Waals surface area contributed by atoms with E-state index in [-0.39, 0.29) is 24.8 Å². The summed E-state index contributed by atoms with van der Waals surface area (Å²) in [7, 11) is 0. The highest BCUT2D eigenvalue weighted by molar-refractivity contribution is 8.26. The third-order valence-corrected chi connectivity index (χ3v) is 5.98. The summed E-state index contributed by atoms with van der Waals surface area (Å²) in [5, 5.41) is 2.88. The second kappa shape index (κ2) is 8.71. The van der Waals surface area contributed by atoms with Gasteiger partial charge in [0.1, 0.15) is 4.32 Å². The lowest BCUT2D eigenvalue weighted by Crippen LogP contribution is -2.31. The highest BCUT2D eigenvalue weighted by Crippen LogP contribution is 2.32. The molecule has 6 heteroatoms. The largest absolute Gasteiger partial charge is 0.326 e. The molecule has 0 bridgehead atoms. The van der Waals surface area contributed by atoms with Crippen LogP contribution in [0, 0.1) is 20.8 Å². The van der Waals surface area contributed by atoms with Gasteiger partial charge in [0.2, 0.25) is 5.91 Å². The number of nitrogens with one attached hydrogen (secondary N) is 1. The van der Waals surface area contributed by atoms with Crippen LogP contribution in [0.15, 0.2) is 47.4 Å². The quantitative estimate of drug-likeness (QED) is 0.566. The van der Waals surface area contributed by atoms with Gasteiger partial charge < -0.3 is 5.32 Å². The van der Waals surface area contributed by atoms with Crippen molar-refractivity contribution in [2.45, 2.75) is 27.2 Å². The van der Waals surface area contributed by atoms with Crippen molar-refractivity contribution in [1.82, 2.24) is 4.90 Å². The van der Waals surface area contributed by atoms with Crippen LogP contribution in [-0.2, 0) is 9.59 Å². The van der Waals surface area contributed by atoms with Crippen LogP contribution in [0.1, 0.15) is 28.7 Å². The first-order valence-electron chi connectivity index (χ1n) is 9.02. The van der Waals surface area contributed by atoms with Crippen molar-refractivity contribution in [3.8, 4) is 0 Å². The van der Waals surface area contributed by atoms with Crippen LogP contribution in [0.3, 0.4) is 0 Å². The molecule has 0 aromatic heterocycles. The molecule has 0 spiro atoms. The van der Waals surface area contributed by atoms with E-state index in [1.54, 1.807) is 0 Å². The molecule has 0 atom stereocenters. The van der Waals surface area contributed by atoms with Gasteiger partial charge in [-0.3, -0.25) is 14.5 Å². The van der Waals surface area contributed by atoms with E-state index in [4.69, 9.17) is 12.2 Å². The Bertz CT molecular complexity index is 965. The first kappa shape index (κ1) is 20.3. The van der Waals surface area contributed by atoms with Gasteiger partial charge in [-0.15, -0.1) is 0 Å². The van der Waals surface area contributed by atoms with Crippen LogP contribution in [0.25, 0.3) is 6.08 Å². The summed E-state index contributed by atoms with van der Waals surface area (Å²) in [6.45, 7) is 6.32. The summed E-state index contributed by atoms with van der Waals surface area (Å²) in [5.41, 5.74) is 5.18. The number of rotatable bonds is 5. The van der Waals surface area contributed by atoms with Crippen molar-refractivity contribution in [2.24, 2.45) is 0 Å². The molecular weight excluding hydrogens is 388 g/mol. The SMILES string of the molecule is Cc1ccc(/C=C2/SC(=S)N(CCC(=O)Nc3ccc(C)c(C)c3)C2=O)cc1. The monoisotopic (exact) mass is 410 g/mol. The van der Waals surface area contributed by atoms with Gasteiger partial charge in [0.25, 0.3) is 5.91 Å². The van der Waals surface area contributed by atoms with Gasteiger partial charge in [0.15, 0.2) is 0 Å². The molecule has 1 N–H and O–H groups in total. The molecule has 1 fully saturated rings. The average molecular weight is 411 g/mol. The molecule has 1 aliphatic rings. The topological polar surface area (TPSA) is 49.4 Å². The number of thiocarbonyl (C=S) groups is 1. The Morgan fingerprint density at radius 3 is 2.50 bits per heavy atom. The fourth-order valence-electron chi connectivity index (χ4n) is 2.76. The van der Waals surface area contributed by atoms with E-state index in [0.717, 1.165) is 16.8 Å². The Balaban J connectivity index is 1.60. The maximum atomic E-state index is 12.7. The number of hydrogen-bond acceptors (Lipinski definition) is 4. The molecule has 0 unspecified atom stereocenters. The zero-order valence-corrected chi connectivity index (χ0v) is 17.7. The van der Waals surface area contributed by atoms with E-state index in [0.29, 0.717) is 9.23 Å². The highest BCUT2D eigenvalue weighted by Gasteiger charge is 2.32. The smallest absolute Gasteiger partial charge is 0.266 e. The summed E-state index contributed by atoms with van der Waals surface area (Å²) in [6.07, 6.45) is 2.03. The van der Waals surface area contributed by atoms with E-state index >= 15 is 0 Å². The molecule has 0 aliphatic carbocycles. The second-order valence-electron chi connectivity index (χ2n) is 6.84. The Hall–Kier alpha value is -2.44. The van der Waals surface area contributed by atoms with Crippen molar-refractivity contribution in [3.05, 3.63) is 69.6 Å². The lowest BCUT2D eigenvalue weighted by molar-refractivity contribution is -0.122. The average Bonchev–Trinajstić information content (AvgIpc) is 2.91. The number of anilines is 1. The third kappa shape index (κ3) is 4.88. The highest BCUT2D eigenvalue weighted by atomic mass is 32.2. The zero-order chi connectivity index (χ0) is 20.3. The molecule has 0 saturated carbocycles. The maximum absolute atomic E-state index is 12.7. The van der Waals surface area contributed by atoms with E-state index in [1.807, 2.05) is 69.3 Å². The van der Waals surface area contributed by atoms with Gasteiger partial charge in [0.05, 0.1) is 4.91 Å². The number of amides is 2. The molecule has 2 aromatic carbocycles. The fourth-order valence-corrected chi connectivity index (χ4v) is 4.07. The molecule has 28 heavy (non-hydrogen) atoms. The molecule has 1 saturated heterocycles. The van der Waals surface area contributed by atoms with Crippen molar-refractivity contribution in [1.29, 1.82) is 0 Å². The lowest BCUT2D eigenvalue weighted by Gasteiger charge is -2.14. The van der Waals surface area contributed by atoms with Crippen molar-refractivity contribution in [3.63, 3.8) is 0 Å². The molecule has 144 valence electrons. The normalized spacial score (nSPS) is 15.4. The Kier molecular flexibility index (Phi) is 6.31. The number of thioether (sulfide) groups is 1. The van der Waals surface area contributed by atoms with E-state index in [9.17, 15) is 9.59 Å². The summed E-state index contributed by atoms with van der Waals surface area (Å²) in [6, 6.07) is 13.7. The molecule has 1 heterocycles. The van der Waals surface area contributed by atoms with Crippen molar-refractivity contribution in [2.75, 3.05) is 11.9 Å². The van der Waals surface area contributed by atoms with Gasteiger partial charge in [0, 0.05) is 18.7 Å². The van der Waals surface area contributed by atoms with Gasteiger partial charge in [-0.25, -0.2) is 0 Å². The molecule has 0 radical (unpaired) electrons. The van der Waals surface area contributed by atoms with Crippen molar-refractivity contribution >= 4 is 51.9 Å². The van der Waals surface area contributed by atoms with Gasteiger partial charge in [-0.05, 0) is 55.7 Å². The lowest BCUT2D eigenvalue weighted by atomic mass is 10.1. The van der Waals surface area contributed by atoms with E-state index in [2.05, 4.69) is 5.32 Å². The minimum absolute atomic E-state index is 0.139. The number of carbonyl (C=O) groups is 2. The van der Waals surface area contributed by atoms with Crippen LogP contribution < -0.4 is 5.32 Å². The van der Waals surface area contributed by atoms with Crippen LogP contribution in [0.2, 0.25) is 0 Å². The zero-order valence-electron chi connectivity index (χ0n) is 16.1. The number of nitrogens with zero attached hydrogens (tertiary/aromatic N) is 1. The summed E-state index contributed by atoms with van der Waals surface area (Å²) in [4.78, 5) is 27.0. The van der Waals surface area contributed by atoms with Gasteiger partial charge >= 0.3 is 0 Å².